The van der Waals surface area contributed by atoms with E-state index in [0.29, 0.717) is 40.3 Å². The number of benzene rings is 2. The molecule has 0 aliphatic heterocycles. The molecule has 40 heavy (non-hydrogen) atoms. The van der Waals surface area contributed by atoms with Gasteiger partial charge in [0.25, 0.3) is 10.0 Å². The van der Waals surface area contributed by atoms with Crippen LogP contribution in [-0.4, -0.2) is 32.3 Å². The molecule has 0 saturated heterocycles. The normalized spacial score (nSPS) is 11.4. The number of aromatic nitrogens is 5. The Labute approximate surface area is 228 Å². The van der Waals surface area contributed by atoms with Crippen LogP contribution in [0.25, 0.3) is 33.6 Å². The van der Waals surface area contributed by atoms with Gasteiger partial charge in [-0.15, -0.1) is 0 Å². The summed E-state index contributed by atoms with van der Waals surface area (Å²) in [6.07, 6.45) is 7.22. The van der Waals surface area contributed by atoms with E-state index in [4.69, 9.17) is 10.2 Å². The molecule has 0 fully saturated rings. The first kappa shape index (κ1) is 24.8. The van der Waals surface area contributed by atoms with Crippen molar-refractivity contribution in [3.05, 3.63) is 103 Å². The summed E-state index contributed by atoms with van der Waals surface area (Å²) in [4.78, 5) is 17.0. The third-order valence-corrected chi connectivity index (χ3v) is 7.95. The van der Waals surface area contributed by atoms with Crippen LogP contribution in [0.4, 0.5) is 11.6 Å². The molecular weight excluding hydrogens is 528 g/mol. The number of nitriles is 1. The van der Waals surface area contributed by atoms with E-state index in [1.54, 1.807) is 24.3 Å². The number of nitrogen functional groups attached to an aromatic ring is 1. The zero-order valence-electron chi connectivity index (χ0n) is 20.8. The number of nitrogens with two attached hydrogens (primary N) is 1. The van der Waals surface area contributed by atoms with Gasteiger partial charge in [0.1, 0.15) is 30.3 Å². The Morgan fingerprint density at radius 2 is 1.80 bits per heavy atom. The van der Waals surface area contributed by atoms with Crippen molar-refractivity contribution in [2.45, 2.75) is 11.4 Å². The van der Waals surface area contributed by atoms with Crippen molar-refractivity contribution in [3.8, 4) is 28.7 Å². The fourth-order valence-corrected chi connectivity index (χ4v) is 5.68. The van der Waals surface area contributed by atoms with E-state index in [0.717, 1.165) is 15.1 Å². The quantitative estimate of drug-likeness (QED) is 0.291. The van der Waals surface area contributed by atoms with Gasteiger partial charge in [-0.1, -0.05) is 42.5 Å². The molecule has 6 aromatic rings. The van der Waals surface area contributed by atoms with Crippen LogP contribution in [0.3, 0.4) is 0 Å². The van der Waals surface area contributed by atoms with E-state index in [9.17, 15) is 13.7 Å². The monoisotopic (exact) mass is 548 g/mol. The van der Waals surface area contributed by atoms with E-state index in [1.165, 1.54) is 43.3 Å². The van der Waals surface area contributed by atoms with Crippen molar-refractivity contribution in [2.24, 2.45) is 0 Å². The molecule has 12 heteroatoms. The third kappa shape index (κ3) is 4.40. The summed E-state index contributed by atoms with van der Waals surface area (Å²) in [5.41, 5.74) is 9.62. The second-order valence-electron chi connectivity index (χ2n) is 8.73. The minimum atomic E-state index is -3.92. The van der Waals surface area contributed by atoms with Crippen LogP contribution in [0, 0.1) is 11.3 Å². The average molecular weight is 549 g/mol. The zero-order chi connectivity index (χ0) is 27.7. The van der Waals surface area contributed by atoms with Crippen molar-refractivity contribution in [2.75, 3.05) is 11.1 Å². The maximum absolute atomic E-state index is 13.4. The standard InChI is InChI=1S/C28H20N8O3S/c29-13-19-12-22(28-31-10-11-39-28)26(33-15-19)32-14-18-6-8-20(9-7-18)23-16-36(27-24(23)25(30)34-17-35-27)40(37,38)21-4-2-1-3-5-21/h1-12,15-17H,14H2,(H,32,33)(H2,30,34,35). The highest BCUT2D eigenvalue weighted by atomic mass is 32.2. The van der Waals surface area contributed by atoms with Crippen molar-refractivity contribution in [1.29, 1.82) is 5.26 Å². The number of anilines is 2. The molecule has 11 nitrogen and oxygen atoms in total. The van der Waals surface area contributed by atoms with Gasteiger partial charge in [-0.2, -0.15) is 5.26 Å². The number of nitrogens with zero attached hydrogens (tertiary/aromatic N) is 6. The number of fused-ring (bicyclic) bond motifs is 1. The Kier molecular flexibility index (Phi) is 6.18. The van der Waals surface area contributed by atoms with E-state index < -0.39 is 10.0 Å². The lowest BCUT2D eigenvalue weighted by atomic mass is 10.0. The lowest BCUT2D eigenvalue weighted by Crippen LogP contribution is -2.12. The van der Waals surface area contributed by atoms with Crippen LogP contribution in [0.2, 0.25) is 0 Å². The fourth-order valence-electron chi connectivity index (χ4n) is 4.34. The van der Waals surface area contributed by atoms with Crippen molar-refractivity contribution in [3.63, 3.8) is 0 Å². The zero-order valence-corrected chi connectivity index (χ0v) is 21.6. The summed E-state index contributed by atoms with van der Waals surface area (Å²) in [6.45, 7) is 0.419. The first-order chi connectivity index (χ1) is 19.5. The molecule has 4 aromatic heterocycles. The molecule has 0 radical (unpaired) electrons. The Bertz CT molecular complexity index is 1980. The highest BCUT2D eigenvalue weighted by Crippen LogP contribution is 2.35. The summed E-state index contributed by atoms with van der Waals surface area (Å²) < 4.78 is 33.4. The summed E-state index contributed by atoms with van der Waals surface area (Å²) in [6, 6.07) is 19.4. The molecule has 0 saturated carbocycles. The Morgan fingerprint density at radius 1 is 1.00 bits per heavy atom. The van der Waals surface area contributed by atoms with Gasteiger partial charge < -0.3 is 15.5 Å². The molecule has 0 amide bonds. The van der Waals surface area contributed by atoms with Crippen molar-refractivity contribution in [1.82, 2.24) is 23.9 Å². The van der Waals surface area contributed by atoms with Crippen molar-refractivity contribution < 1.29 is 12.8 Å². The fraction of sp³-hybridized carbons (Fsp3) is 0.0357. The minimum absolute atomic E-state index is 0.137. The molecule has 0 atom stereocenters. The van der Waals surface area contributed by atoms with Gasteiger partial charge in [0.15, 0.2) is 5.65 Å². The summed E-state index contributed by atoms with van der Waals surface area (Å²) >= 11 is 0. The first-order valence-corrected chi connectivity index (χ1v) is 13.4. The SMILES string of the molecule is N#Cc1cnc(NCc2ccc(-c3cn(S(=O)(=O)c4ccccc4)c4ncnc(N)c34)cc2)c(-c2ncco2)c1. The number of pyridine rings is 1. The van der Waals surface area contributed by atoms with Gasteiger partial charge in [0.05, 0.1) is 27.6 Å². The van der Waals surface area contributed by atoms with Crippen LogP contribution in [-0.2, 0) is 16.6 Å². The predicted molar refractivity (Wildman–Crippen MR) is 148 cm³/mol. The van der Waals surface area contributed by atoms with Crippen LogP contribution in [0.15, 0.2) is 101 Å². The number of hydrogen-bond donors (Lipinski definition) is 2. The number of rotatable bonds is 7. The highest BCUT2D eigenvalue weighted by molar-refractivity contribution is 7.90. The van der Waals surface area contributed by atoms with Gasteiger partial charge in [-0.25, -0.2) is 32.3 Å². The summed E-state index contributed by atoms with van der Waals surface area (Å²) in [5.74, 6) is 1.05. The molecule has 3 N–H and O–H groups in total. The number of nitrogens with one attached hydrogen (secondary N) is 1. The Hall–Kier alpha value is -5.54. The molecule has 0 unspecified atom stereocenters. The largest absolute Gasteiger partial charge is 0.444 e. The van der Waals surface area contributed by atoms with Crippen LogP contribution in [0.1, 0.15) is 11.1 Å². The summed E-state index contributed by atoms with van der Waals surface area (Å²) in [5, 5.41) is 13.0. The number of oxazole rings is 1. The molecule has 0 aliphatic rings. The average Bonchev–Trinajstić information content (AvgIpc) is 3.67. The van der Waals surface area contributed by atoms with E-state index in [-0.39, 0.29) is 16.4 Å². The van der Waals surface area contributed by atoms with E-state index in [2.05, 4.69) is 31.3 Å². The maximum Gasteiger partial charge on any atom is 0.269 e. The molecule has 2 aromatic carbocycles. The van der Waals surface area contributed by atoms with Gasteiger partial charge in [0, 0.05) is 24.5 Å². The van der Waals surface area contributed by atoms with Gasteiger partial charge in [0.2, 0.25) is 5.89 Å². The molecule has 0 spiro atoms. The van der Waals surface area contributed by atoms with Gasteiger partial charge in [-0.05, 0) is 29.3 Å². The Balaban J connectivity index is 1.32. The lowest BCUT2D eigenvalue weighted by molar-refractivity contribution is 0.574. The van der Waals surface area contributed by atoms with E-state index in [1.807, 2.05) is 24.3 Å². The predicted octanol–water partition coefficient (Wildman–Crippen LogP) is 4.45. The Morgan fingerprint density at radius 3 is 2.52 bits per heavy atom. The van der Waals surface area contributed by atoms with Crippen LogP contribution in [0.5, 0.6) is 0 Å². The topological polar surface area (TPSA) is 166 Å². The van der Waals surface area contributed by atoms with Crippen molar-refractivity contribution >= 4 is 32.7 Å². The molecule has 196 valence electrons. The minimum Gasteiger partial charge on any atom is -0.444 e. The first-order valence-electron chi connectivity index (χ1n) is 12.0. The van der Waals surface area contributed by atoms with Gasteiger partial charge >= 0.3 is 0 Å². The molecule has 4 heterocycles. The molecular formula is C28H20N8O3S. The van der Waals surface area contributed by atoms with E-state index >= 15 is 0 Å². The highest BCUT2D eigenvalue weighted by Gasteiger charge is 2.24. The van der Waals surface area contributed by atoms with Crippen LogP contribution >= 0.6 is 0 Å². The third-order valence-electron chi connectivity index (χ3n) is 6.29. The molecule has 0 bridgehead atoms. The van der Waals surface area contributed by atoms with Gasteiger partial charge in [-0.3, -0.25) is 0 Å². The number of hydrogen-bond acceptors (Lipinski definition) is 10. The second-order valence-corrected chi connectivity index (χ2v) is 10.5. The second kappa shape index (κ2) is 9.97. The smallest absolute Gasteiger partial charge is 0.269 e. The maximum atomic E-state index is 13.4. The van der Waals surface area contributed by atoms with Crippen LogP contribution < -0.4 is 11.1 Å². The molecule has 6 rings (SSSR count). The summed E-state index contributed by atoms with van der Waals surface area (Å²) in [7, 11) is -3.92. The lowest BCUT2D eigenvalue weighted by Gasteiger charge is -2.10. The molecule has 0 aliphatic carbocycles.